The second-order valence-corrected chi connectivity index (χ2v) is 9.85. The molecule has 3 rings (SSSR count). The Kier molecular flexibility index (Phi) is 5.99. The van der Waals surface area contributed by atoms with E-state index in [1.54, 1.807) is 24.3 Å². The summed E-state index contributed by atoms with van der Waals surface area (Å²) >= 11 is 18.5. The molecule has 3 atom stereocenters. The highest BCUT2D eigenvalue weighted by Gasteiger charge is 2.55. The normalized spacial score (nSPS) is 24.9. The summed E-state index contributed by atoms with van der Waals surface area (Å²) in [5.41, 5.74) is -0.0804. The molecule has 2 aromatic carbocycles. The van der Waals surface area contributed by atoms with Crippen molar-refractivity contribution in [2.75, 3.05) is 6.54 Å². The van der Waals surface area contributed by atoms with E-state index in [-0.39, 0.29) is 11.3 Å². The average Bonchev–Trinajstić information content (AvgIpc) is 2.92. The van der Waals surface area contributed by atoms with Crippen LogP contribution in [-0.2, 0) is 5.41 Å². The summed E-state index contributed by atoms with van der Waals surface area (Å²) in [6, 6.07) is 11.7. The smallest absolute Gasteiger partial charge is 0.129 e. The van der Waals surface area contributed by atoms with Gasteiger partial charge in [0.15, 0.2) is 0 Å². The zero-order valence-corrected chi connectivity index (χ0v) is 18.3. The van der Waals surface area contributed by atoms with E-state index in [2.05, 4.69) is 32.2 Å². The Morgan fingerprint density at radius 3 is 2.36 bits per heavy atom. The molecule has 2 nitrogen and oxygen atoms in total. The summed E-state index contributed by atoms with van der Waals surface area (Å²) in [7, 11) is 0. The molecule has 0 radical (unpaired) electrons. The SMILES string of the molecule is CC(C)(C)C[C@@H]1CN[C@H](c2ccc(Cl)cc2Cl)C1(C#N)c1ccc(Cl)cc1F. The van der Waals surface area contributed by atoms with E-state index in [1.165, 1.54) is 6.07 Å². The summed E-state index contributed by atoms with van der Waals surface area (Å²) in [5, 5.41) is 15.2. The van der Waals surface area contributed by atoms with Gasteiger partial charge in [0.25, 0.3) is 0 Å². The first-order chi connectivity index (χ1) is 13.1. The molecule has 0 spiro atoms. The summed E-state index contributed by atoms with van der Waals surface area (Å²) in [4.78, 5) is 0. The first kappa shape index (κ1) is 21.4. The van der Waals surface area contributed by atoms with Gasteiger partial charge in [0.1, 0.15) is 11.2 Å². The molecule has 1 saturated heterocycles. The predicted octanol–water partition coefficient (Wildman–Crippen LogP) is 6.94. The minimum Gasteiger partial charge on any atom is -0.308 e. The third-order valence-corrected chi connectivity index (χ3v) is 6.16. The highest BCUT2D eigenvalue weighted by molar-refractivity contribution is 6.35. The maximum atomic E-state index is 15.1. The van der Waals surface area contributed by atoms with Gasteiger partial charge in [-0.25, -0.2) is 4.39 Å². The fourth-order valence-corrected chi connectivity index (χ4v) is 4.97. The van der Waals surface area contributed by atoms with Crippen LogP contribution in [0.5, 0.6) is 0 Å². The molecule has 0 bridgehead atoms. The van der Waals surface area contributed by atoms with Crippen LogP contribution in [0.1, 0.15) is 44.4 Å². The molecule has 148 valence electrons. The molecule has 1 fully saturated rings. The average molecular weight is 440 g/mol. The molecule has 0 aliphatic carbocycles. The van der Waals surface area contributed by atoms with Gasteiger partial charge in [0.05, 0.1) is 12.1 Å². The second kappa shape index (κ2) is 7.84. The number of nitriles is 1. The number of nitrogens with one attached hydrogen (secondary N) is 1. The van der Waals surface area contributed by atoms with Crippen LogP contribution >= 0.6 is 34.8 Å². The summed E-state index contributed by atoms with van der Waals surface area (Å²) in [6.07, 6.45) is 0.747. The molecule has 28 heavy (non-hydrogen) atoms. The van der Waals surface area contributed by atoms with Crippen LogP contribution in [0.2, 0.25) is 15.1 Å². The number of hydrogen-bond donors (Lipinski definition) is 1. The number of halogens is 4. The van der Waals surface area contributed by atoms with Gasteiger partial charge in [0.2, 0.25) is 0 Å². The largest absolute Gasteiger partial charge is 0.308 e. The minimum atomic E-state index is -1.13. The first-order valence-corrected chi connectivity index (χ1v) is 10.3. The summed E-state index contributed by atoms with van der Waals surface area (Å²) in [6.45, 7) is 6.94. The van der Waals surface area contributed by atoms with Crippen LogP contribution in [0.3, 0.4) is 0 Å². The molecule has 2 aromatic rings. The van der Waals surface area contributed by atoms with Crippen molar-refractivity contribution < 1.29 is 4.39 Å². The lowest BCUT2D eigenvalue weighted by Crippen LogP contribution is -2.39. The Morgan fingerprint density at radius 2 is 1.79 bits per heavy atom. The highest BCUT2D eigenvalue weighted by atomic mass is 35.5. The topological polar surface area (TPSA) is 35.8 Å². The molecular formula is C22H22Cl3FN2. The highest BCUT2D eigenvalue weighted by Crippen LogP contribution is 2.52. The molecular weight excluding hydrogens is 418 g/mol. The van der Waals surface area contributed by atoms with Crippen molar-refractivity contribution in [1.29, 1.82) is 5.26 Å². The van der Waals surface area contributed by atoms with Gasteiger partial charge in [0, 0.05) is 27.2 Å². The third-order valence-electron chi connectivity index (χ3n) is 5.36. The lowest BCUT2D eigenvalue weighted by molar-refractivity contribution is 0.247. The van der Waals surface area contributed by atoms with Crippen molar-refractivity contribution >= 4 is 34.8 Å². The lowest BCUT2D eigenvalue weighted by Gasteiger charge is -2.37. The minimum absolute atomic E-state index is 0.0317. The molecule has 1 N–H and O–H groups in total. The molecule has 1 aliphatic rings. The van der Waals surface area contributed by atoms with Crippen molar-refractivity contribution in [3.8, 4) is 6.07 Å². The van der Waals surface area contributed by atoms with Crippen molar-refractivity contribution in [3.63, 3.8) is 0 Å². The summed E-state index contributed by atoms with van der Waals surface area (Å²) < 4.78 is 15.1. The molecule has 6 heteroatoms. The maximum absolute atomic E-state index is 15.1. The number of benzene rings is 2. The third kappa shape index (κ3) is 3.89. The van der Waals surface area contributed by atoms with Gasteiger partial charge in [-0.3, -0.25) is 0 Å². The number of hydrogen-bond acceptors (Lipinski definition) is 2. The Bertz CT molecular complexity index is 932. The zero-order valence-electron chi connectivity index (χ0n) is 16.0. The van der Waals surface area contributed by atoms with Gasteiger partial charge >= 0.3 is 0 Å². The van der Waals surface area contributed by atoms with Crippen molar-refractivity contribution in [1.82, 2.24) is 5.32 Å². The molecule has 0 saturated carbocycles. The van der Waals surface area contributed by atoms with Crippen LogP contribution in [0.15, 0.2) is 36.4 Å². The second-order valence-electron chi connectivity index (χ2n) is 8.57. The zero-order chi connectivity index (χ0) is 20.7. The van der Waals surface area contributed by atoms with Crippen molar-refractivity contribution in [2.24, 2.45) is 11.3 Å². The number of rotatable bonds is 3. The fraction of sp³-hybridized carbons (Fsp3) is 0.409. The molecule has 0 aromatic heterocycles. The van der Waals surface area contributed by atoms with Crippen LogP contribution < -0.4 is 5.32 Å². The predicted molar refractivity (Wildman–Crippen MR) is 113 cm³/mol. The quantitative estimate of drug-likeness (QED) is 0.562. The van der Waals surface area contributed by atoms with E-state index in [4.69, 9.17) is 34.8 Å². The standard InChI is InChI=1S/C22H22Cl3FN2/c1-21(2,3)10-13-11-28-20(16-6-4-14(23)8-18(16)25)22(13,12-27)17-7-5-15(24)9-19(17)26/h4-9,13,20,28H,10-11H2,1-3H3/t13-,20-,22?/m1/s1. The van der Waals surface area contributed by atoms with Gasteiger partial charge in [-0.15, -0.1) is 0 Å². The molecule has 0 amide bonds. The monoisotopic (exact) mass is 438 g/mol. The van der Waals surface area contributed by atoms with Crippen LogP contribution in [0, 0.1) is 28.5 Å². The summed E-state index contributed by atoms with van der Waals surface area (Å²) in [5.74, 6) is -0.586. The molecule has 1 unspecified atom stereocenters. The van der Waals surface area contributed by atoms with E-state index >= 15 is 4.39 Å². The van der Waals surface area contributed by atoms with E-state index in [9.17, 15) is 5.26 Å². The van der Waals surface area contributed by atoms with Gasteiger partial charge in [-0.2, -0.15) is 5.26 Å². The van der Waals surface area contributed by atoms with Crippen LogP contribution in [0.25, 0.3) is 0 Å². The number of nitrogens with zero attached hydrogens (tertiary/aromatic N) is 1. The lowest BCUT2D eigenvalue weighted by atomic mass is 9.63. The van der Waals surface area contributed by atoms with E-state index in [1.807, 2.05) is 6.07 Å². The van der Waals surface area contributed by atoms with Gasteiger partial charge in [-0.05, 0) is 47.6 Å². The Labute approximate surface area is 180 Å². The van der Waals surface area contributed by atoms with E-state index in [0.717, 1.165) is 12.0 Å². The van der Waals surface area contributed by atoms with Crippen LogP contribution in [0.4, 0.5) is 4.39 Å². The molecule has 1 heterocycles. The van der Waals surface area contributed by atoms with E-state index < -0.39 is 17.3 Å². The van der Waals surface area contributed by atoms with Crippen LogP contribution in [-0.4, -0.2) is 6.54 Å². The van der Waals surface area contributed by atoms with Gasteiger partial charge in [-0.1, -0.05) is 67.7 Å². The van der Waals surface area contributed by atoms with Crippen molar-refractivity contribution in [3.05, 3.63) is 68.4 Å². The van der Waals surface area contributed by atoms with E-state index in [0.29, 0.717) is 27.2 Å². The Balaban J connectivity index is 2.23. The van der Waals surface area contributed by atoms with Gasteiger partial charge < -0.3 is 5.32 Å². The first-order valence-electron chi connectivity index (χ1n) is 9.13. The molecule has 1 aliphatic heterocycles. The maximum Gasteiger partial charge on any atom is 0.129 e. The Hall–Kier alpha value is -1.31. The fourth-order valence-electron chi connectivity index (χ4n) is 4.30. The Morgan fingerprint density at radius 1 is 1.14 bits per heavy atom. The van der Waals surface area contributed by atoms with Crippen molar-refractivity contribution in [2.45, 2.75) is 38.6 Å².